The maximum Gasteiger partial charge on any atom is 0.159 e. The standard InChI is InChI=1S/C12H13N3/c1-8-7-9(2)15-12(14-8)10-3-5-11(13)6-4-10/h3-7H,13H2,1-2H3. The summed E-state index contributed by atoms with van der Waals surface area (Å²) in [6.07, 6.45) is 0. The Morgan fingerprint density at radius 2 is 1.47 bits per heavy atom. The largest absolute Gasteiger partial charge is 0.399 e. The summed E-state index contributed by atoms with van der Waals surface area (Å²) in [5.41, 5.74) is 9.33. The van der Waals surface area contributed by atoms with Crippen LogP contribution in [0.15, 0.2) is 30.3 Å². The second-order valence-corrected chi connectivity index (χ2v) is 3.60. The molecule has 0 amide bonds. The van der Waals surface area contributed by atoms with Crippen LogP contribution in [0.4, 0.5) is 5.69 Å². The first kappa shape index (κ1) is 9.65. The van der Waals surface area contributed by atoms with Crippen molar-refractivity contribution < 1.29 is 0 Å². The molecule has 0 aliphatic carbocycles. The van der Waals surface area contributed by atoms with Crippen LogP contribution >= 0.6 is 0 Å². The minimum atomic E-state index is 0.753. The maximum atomic E-state index is 5.62. The Balaban J connectivity index is 2.49. The topological polar surface area (TPSA) is 51.8 Å². The van der Waals surface area contributed by atoms with Crippen LogP contribution in [0.25, 0.3) is 11.4 Å². The van der Waals surface area contributed by atoms with Crippen LogP contribution in [0.5, 0.6) is 0 Å². The highest BCUT2D eigenvalue weighted by Crippen LogP contribution is 2.17. The highest BCUT2D eigenvalue weighted by Gasteiger charge is 2.02. The fraction of sp³-hybridized carbons (Fsp3) is 0.167. The average Bonchev–Trinajstić information content (AvgIpc) is 2.17. The van der Waals surface area contributed by atoms with E-state index in [1.54, 1.807) is 0 Å². The fourth-order valence-electron chi connectivity index (χ4n) is 1.49. The first-order valence-corrected chi connectivity index (χ1v) is 4.83. The molecule has 0 aliphatic rings. The van der Waals surface area contributed by atoms with E-state index in [1.807, 2.05) is 44.2 Å². The zero-order valence-corrected chi connectivity index (χ0v) is 8.86. The molecule has 1 aromatic heterocycles. The van der Waals surface area contributed by atoms with Gasteiger partial charge in [-0.05, 0) is 44.2 Å². The Bertz CT molecular complexity index is 454. The van der Waals surface area contributed by atoms with Gasteiger partial charge in [-0.3, -0.25) is 0 Å². The van der Waals surface area contributed by atoms with Crippen LogP contribution in [0, 0.1) is 13.8 Å². The SMILES string of the molecule is Cc1cc(C)nc(-c2ccc(N)cc2)n1. The van der Waals surface area contributed by atoms with Crippen molar-refractivity contribution in [3.8, 4) is 11.4 Å². The average molecular weight is 199 g/mol. The fourth-order valence-corrected chi connectivity index (χ4v) is 1.49. The molecular weight excluding hydrogens is 186 g/mol. The Kier molecular flexibility index (Phi) is 2.37. The van der Waals surface area contributed by atoms with E-state index < -0.39 is 0 Å². The van der Waals surface area contributed by atoms with Crippen LogP contribution in [0.3, 0.4) is 0 Å². The number of benzene rings is 1. The monoisotopic (exact) mass is 199 g/mol. The van der Waals surface area contributed by atoms with E-state index in [0.29, 0.717) is 0 Å². The first-order valence-electron chi connectivity index (χ1n) is 4.83. The van der Waals surface area contributed by atoms with Gasteiger partial charge in [0, 0.05) is 22.6 Å². The van der Waals surface area contributed by atoms with Gasteiger partial charge < -0.3 is 5.73 Å². The summed E-state index contributed by atoms with van der Waals surface area (Å²) in [7, 11) is 0. The zero-order valence-electron chi connectivity index (χ0n) is 8.86. The minimum Gasteiger partial charge on any atom is -0.399 e. The molecule has 2 aromatic rings. The highest BCUT2D eigenvalue weighted by atomic mass is 14.9. The molecule has 0 atom stereocenters. The van der Waals surface area contributed by atoms with Crippen molar-refractivity contribution in [2.24, 2.45) is 0 Å². The van der Waals surface area contributed by atoms with Crippen LogP contribution < -0.4 is 5.73 Å². The van der Waals surface area contributed by atoms with Crippen molar-refractivity contribution in [1.29, 1.82) is 0 Å². The van der Waals surface area contributed by atoms with Crippen molar-refractivity contribution in [2.45, 2.75) is 13.8 Å². The first-order chi connectivity index (χ1) is 7.15. The van der Waals surface area contributed by atoms with Gasteiger partial charge in [0.2, 0.25) is 0 Å². The molecule has 2 rings (SSSR count). The molecule has 76 valence electrons. The van der Waals surface area contributed by atoms with Gasteiger partial charge in [0.15, 0.2) is 5.82 Å². The molecule has 0 aliphatic heterocycles. The molecule has 3 heteroatoms. The number of nitrogens with zero attached hydrogens (tertiary/aromatic N) is 2. The lowest BCUT2D eigenvalue weighted by molar-refractivity contribution is 1.06. The molecule has 3 nitrogen and oxygen atoms in total. The third kappa shape index (κ3) is 2.13. The van der Waals surface area contributed by atoms with Gasteiger partial charge in [0.1, 0.15) is 0 Å². The number of nitrogens with two attached hydrogens (primary N) is 1. The summed E-state index contributed by atoms with van der Waals surface area (Å²) in [6.45, 7) is 3.94. The van der Waals surface area contributed by atoms with Crippen molar-refractivity contribution in [3.63, 3.8) is 0 Å². The van der Waals surface area contributed by atoms with Crippen molar-refractivity contribution in [1.82, 2.24) is 9.97 Å². The summed E-state index contributed by atoms with van der Waals surface area (Å²) >= 11 is 0. The van der Waals surface area contributed by atoms with Gasteiger partial charge in [-0.1, -0.05) is 0 Å². The molecule has 0 fully saturated rings. The van der Waals surface area contributed by atoms with Gasteiger partial charge in [-0.2, -0.15) is 0 Å². The molecule has 2 N–H and O–H groups in total. The smallest absolute Gasteiger partial charge is 0.159 e. The van der Waals surface area contributed by atoms with E-state index in [0.717, 1.165) is 28.5 Å². The van der Waals surface area contributed by atoms with E-state index >= 15 is 0 Å². The number of hydrogen-bond donors (Lipinski definition) is 1. The van der Waals surface area contributed by atoms with Gasteiger partial charge in [-0.15, -0.1) is 0 Å². The Labute approximate surface area is 89.0 Å². The van der Waals surface area contributed by atoms with Gasteiger partial charge in [-0.25, -0.2) is 9.97 Å². The van der Waals surface area contributed by atoms with E-state index in [2.05, 4.69) is 9.97 Å². The summed E-state index contributed by atoms with van der Waals surface area (Å²) in [5, 5.41) is 0. The normalized spacial score (nSPS) is 10.3. The van der Waals surface area contributed by atoms with Crippen molar-refractivity contribution >= 4 is 5.69 Å². The van der Waals surface area contributed by atoms with Crippen molar-refractivity contribution in [3.05, 3.63) is 41.7 Å². The predicted octanol–water partition coefficient (Wildman–Crippen LogP) is 2.34. The van der Waals surface area contributed by atoms with E-state index in [1.165, 1.54) is 0 Å². The predicted molar refractivity (Wildman–Crippen MR) is 61.4 cm³/mol. The molecule has 1 aromatic carbocycles. The maximum absolute atomic E-state index is 5.62. The molecule has 0 unspecified atom stereocenters. The van der Waals surface area contributed by atoms with E-state index in [9.17, 15) is 0 Å². The number of hydrogen-bond acceptors (Lipinski definition) is 3. The van der Waals surface area contributed by atoms with E-state index in [4.69, 9.17) is 5.73 Å². The molecule has 1 heterocycles. The van der Waals surface area contributed by atoms with Crippen LogP contribution in [0.2, 0.25) is 0 Å². The molecular formula is C12H13N3. The Morgan fingerprint density at radius 3 is 2.00 bits per heavy atom. The second kappa shape index (κ2) is 3.69. The quantitative estimate of drug-likeness (QED) is 0.717. The van der Waals surface area contributed by atoms with Crippen LogP contribution in [0.1, 0.15) is 11.4 Å². The van der Waals surface area contributed by atoms with Gasteiger partial charge in [0.25, 0.3) is 0 Å². The molecule has 0 saturated heterocycles. The Hall–Kier alpha value is -1.90. The van der Waals surface area contributed by atoms with Gasteiger partial charge in [0.05, 0.1) is 0 Å². The summed E-state index contributed by atoms with van der Waals surface area (Å²) < 4.78 is 0. The molecule has 0 radical (unpaired) electrons. The Morgan fingerprint density at radius 1 is 0.933 bits per heavy atom. The van der Waals surface area contributed by atoms with Crippen molar-refractivity contribution in [2.75, 3.05) is 5.73 Å². The number of aryl methyl sites for hydroxylation is 2. The molecule has 15 heavy (non-hydrogen) atoms. The second-order valence-electron chi connectivity index (χ2n) is 3.60. The summed E-state index contributed by atoms with van der Waals surface area (Å²) in [5.74, 6) is 0.757. The lowest BCUT2D eigenvalue weighted by Crippen LogP contribution is -1.94. The third-order valence-corrected chi connectivity index (χ3v) is 2.15. The molecule has 0 spiro atoms. The van der Waals surface area contributed by atoms with Crippen LogP contribution in [-0.2, 0) is 0 Å². The highest BCUT2D eigenvalue weighted by molar-refractivity contribution is 5.58. The number of aromatic nitrogens is 2. The van der Waals surface area contributed by atoms with E-state index in [-0.39, 0.29) is 0 Å². The minimum absolute atomic E-state index is 0.753. The molecule has 0 bridgehead atoms. The van der Waals surface area contributed by atoms with Crippen LogP contribution in [-0.4, -0.2) is 9.97 Å². The number of nitrogen functional groups attached to an aromatic ring is 1. The number of rotatable bonds is 1. The molecule has 0 saturated carbocycles. The number of anilines is 1. The lowest BCUT2D eigenvalue weighted by atomic mass is 10.2. The summed E-state index contributed by atoms with van der Waals surface area (Å²) in [6, 6.07) is 9.54. The lowest BCUT2D eigenvalue weighted by Gasteiger charge is -2.03. The van der Waals surface area contributed by atoms with Gasteiger partial charge >= 0.3 is 0 Å². The zero-order chi connectivity index (χ0) is 10.8. The summed E-state index contributed by atoms with van der Waals surface area (Å²) in [4.78, 5) is 8.76. The third-order valence-electron chi connectivity index (χ3n) is 2.15.